The zero-order chi connectivity index (χ0) is 66.5. The standard InChI is InChI=1S/C40H18N6O7S2.C15H20ClNO2.C13H9N3O2/c1-2-3-4-5-6-7-8-9-10-11-12-13-14-19-26-55(50,51)43-35-27-31(29-54-40-42-44-45-46(40)30-52-25-18-17-24-47)22-23-36(35)53-37-28-34(39(41)49)38(48)33-21-16-15-20-32(33)37;1-9-6-7-11(16)12(8-9)17-14(19)10(2)13(18)15(3,4)5;17-13(18-10-4-2-1-3-5-10)9-6-7-11-12(8-9)15-16-14-11/h1,15-16,20-23,27-28,43,47-48H,29-30H2,(H2,41,49);6-8,10H,1-5H3,(H,17,19);1-8H,(H,14,15,16). The average Bonchev–Trinajstić information content (AvgIpc) is 0.971. The number of sulfonamides is 1. The van der Waals surface area contributed by atoms with Gasteiger partial charge in [-0.1, -0.05) is 98.7 Å². The van der Waals surface area contributed by atoms with Crippen molar-refractivity contribution in [1.29, 1.82) is 0 Å². The van der Waals surface area contributed by atoms with Crippen molar-refractivity contribution in [3.05, 3.63) is 143 Å². The molecule has 7 N–H and O–H groups in total. The molecule has 0 saturated carbocycles. The third-order valence-corrected chi connectivity index (χ3v) is 13.7. The Balaban J connectivity index is 0.000000291. The first-order chi connectivity index (χ1) is 44.2. The van der Waals surface area contributed by atoms with Crippen LogP contribution in [0.3, 0.4) is 0 Å². The number of hydrogen-bond donors (Lipinski definition) is 6. The number of benzene rings is 6. The van der Waals surface area contributed by atoms with Gasteiger partial charge in [0.1, 0.15) is 46.3 Å². The van der Waals surface area contributed by atoms with Crippen molar-refractivity contribution >= 4 is 90.1 Å². The molecule has 8 rings (SSSR count). The molecule has 1 unspecified atom stereocenters. The third kappa shape index (κ3) is 21.3. The number of para-hydroxylation sites is 1. The number of primary amides is 1. The summed E-state index contributed by atoms with van der Waals surface area (Å²) in [5.41, 5.74) is 8.65. The van der Waals surface area contributed by atoms with E-state index >= 15 is 0 Å². The van der Waals surface area contributed by atoms with Gasteiger partial charge in [0.05, 0.1) is 38.7 Å². The fourth-order valence-corrected chi connectivity index (χ4v) is 8.93. The molecule has 0 spiro atoms. The molecule has 2 heterocycles. The van der Waals surface area contributed by atoms with Crippen molar-refractivity contribution in [1.82, 2.24) is 35.6 Å². The summed E-state index contributed by atoms with van der Waals surface area (Å²) in [6, 6.07) is 31.8. The number of H-pyrrole nitrogens is 1. The SMILES string of the molecule is C#CC#CC#CC#CC#CC#CC#CC#CS(=O)(=O)Nc1cc(CSc2nnnn2COC#CC#CO)ccc1Oc1cc(C(N)=O)c(O)c2ccccc12.Cc1ccc(Cl)c(NC(=O)C(C)C(=O)C(C)(C)C)c1.O=C(Oc1ccccc1)c1ccc2n[nH]nc2c1. The molecule has 6 aromatic carbocycles. The Labute approximate surface area is 538 Å². The molecule has 0 aliphatic carbocycles. The molecule has 454 valence electrons. The summed E-state index contributed by atoms with van der Waals surface area (Å²) in [5.74, 6) is 35.6. The minimum absolute atomic E-state index is 0.0123. The summed E-state index contributed by atoms with van der Waals surface area (Å²) < 4.78 is 46.4. The molecule has 0 bridgehead atoms. The number of carbonyl (C=O) groups is 4. The van der Waals surface area contributed by atoms with Gasteiger partial charge in [0.15, 0.2) is 12.5 Å². The van der Waals surface area contributed by atoms with Crippen LogP contribution in [0.25, 0.3) is 21.8 Å². The molecule has 0 fully saturated rings. The number of ether oxygens (including phenoxy) is 3. The number of halogens is 1. The number of rotatable bonds is 15. The van der Waals surface area contributed by atoms with Gasteiger partial charge in [-0.15, -0.1) is 11.5 Å². The Morgan fingerprint density at radius 2 is 1.42 bits per heavy atom. The smallest absolute Gasteiger partial charge is 0.343 e. The van der Waals surface area contributed by atoms with Gasteiger partial charge in [0.2, 0.25) is 11.1 Å². The fourth-order valence-electron chi connectivity index (χ4n) is 7.27. The van der Waals surface area contributed by atoms with Crippen molar-refractivity contribution in [2.75, 3.05) is 10.0 Å². The van der Waals surface area contributed by atoms with Crippen molar-refractivity contribution in [3.8, 4) is 142 Å². The first-order valence-electron chi connectivity index (χ1n) is 26.4. The normalized spacial score (nSPS) is 9.97. The van der Waals surface area contributed by atoms with E-state index in [1.54, 1.807) is 107 Å². The molecular weight excluding hydrogens is 1230 g/mol. The maximum atomic E-state index is 13.1. The van der Waals surface area contributed by atoms with Gasteiger partial charge >= 0.3 is 16.0 Å². The van der Waals surface area contributed by atoms with E-state index in [1.807, 2.05) is 31.2 Å². The van der Waals surface area contributed by atoms with Crippen molar-refractivity contribution in [2.24, 2.45) is 17.1 Å². The molecule has 2 aromatic heterocycles. The van der Waals surface area contributed by atoms with Gasteiger partial charge in [0, 0.05) is 51.5 Å². The van der Waals surface area contributed by atoms with Crippen LogP contribution in [0.15, 0.2) is 120 Å². The molecule has 8 aromatic rings. The van der Waals surface area contributed by atoms with Crippen LogP contribution >= 0.6 is 23.4 Å². The Morgan fingerprint density at radius 3 is 2.09 bits per heavy atom. The Kier molecular flexibility index (Phi) is 25.3. The molecule has 0 aliphatic rings. The second-order valence-electron chi connectivity index (χ2n) is 19.1. The Bertz CT molecular complexity index is 4930. The number of amides is 2. The van der Waals surface area contributed by atoms with Gasteiger partial charge < -0.3 is 35.5 Å². The number of tetrazole rings is 1. The zero-order valence-corrected chi connectivity index (χ0v) is 51.5. The number of nitrogens with zero attached hydrogens (tertiary/aromatic N) is 6. The van der Waals surface area contributed by atoms with E-state index < -0.39 is 33.2 Å². The number of aryl methyl sites for hydroxylation is 1. The van der Waals surface area contributed by atoms with Crippen LogP contribution in [0.5, 0.6) is 23.0 Å². The van der Waals surface area contributed by atoms with Crippen molar-refractivity contribution < 1.29 is 52.0 Å². The van der Waals surface area contributed by atoms with Crippen LogP contribution in [0.2, 0.25) is 5.02 Å². The highest BCUT2D eigenvalue weighted by Crippen LogP contribution is 2.40. The van der Waals surface area contributed by atoms with E-state index in [4.69, 9.17) is 43.1 Å². The first-order valence-corrected chi connectivity index (χ1v) is 29.2. The van der Waals surface area contributed by atoms with Gasteiger partial charge in [0.25, 0.3) is 5.91 Å². The third-order valence-electron chi connectivity index (χ3n) is 11.5. The number of fused-ring (bicyclic) bond motifs is 2. The number of aliphatic hydroxyl groups excluding tert-OH is 1. The molecule has 24 heteroatoms. The van der Waals surface area contributed by atoms with Crippen LogP contribution in [0, 0.1) is 137 Å². The lowest BCUT2D eigenvalue weighted by molar-refractivity contribution is -0.135. The van der Waals surface area contributed by atoms with Crippen LogP contribution in [0.4, 0.5) is 11.4 Å². The quantitative estimate of drug-likeness (QED) is 0.0185. The van der Waals surface area contributed by atoms with Crippen molar-refractivity contribution in [2.45, 2.75) is 52.3 Å². The average molecular weight is 1280 g/mol. The number of anilines is 2. The lowest BCUT2D eigenvalue weighted by Crippen LogP contribution is -2.34. The Hall–Kier alpha value is -12.7. The number of esters is 1. The highest BCUT2D eigenvalue weighted by atomic mass is 35.5. The number of aromatic amines is 1. The Morgan fingerprint density at radius 1 is 0.772 bits per heavy atom. The summed E-state index contributed by atoms with van der Waals surface area (Å²) in [7, 11) is -4.37. The first kappa shape index (κ1) is 68.4. The van der Waals surface area contributed by atoms with Crippen LogP contribution < -0.4 is 25.2 Å². The second kappa shape index (κ2) is 34.0. The van der Waals surface area contributed by atoms with Gasteiger partial charge in [-0.2, -0.15) is 28.5 Å². The van der Waals surface area contributed by atoms with Crippen LogP contribution in [0.1, 0.15) is 59.5 Å². The minimum atomic E-state index is -4.37. The summed E-state index contributed by atoms with van der Waals surface area (Å²) in [6.45, 7) is 8.80. The van der Waals surface area contributed by atoms with Crippen molar-refractivity contribution in [3.63, 3.8) is 0 Å². The summed E-state index contributed by atoms with van der Waals surface area (Å²) in [6.07, 6.45) is 8.87. The van der Waals surface area contributed by atoms with Crippen LogP contribution in [-0.4, -0.2) is 77.8 Å². The number of ketones is 1. The number of terminal acetylenes is 1. The number of aromatic hydroxyl groups is 1. The largest absolute Gasteiger partial charge is 0.506 e. The van der Waals surface area contributed by atoms with Gasteiger partial charge in [-0.25, -0.2) is 4.79 Å². The van der Waals surface area contributed by atoms with E-state index in [0.29, 0.717) is 49.2 Å². The maximum Gasteiger partial charge on any atom is 0.343 e. The van der Waals surface area contributed by atoms with E-state index in [-0.39, 0.29) is 58.1 Å². The number of thioether (sulfide) groups is 1. The minimum Gasteiger partial charge on any atom is -0.506 e. The lowest BCUT2D eigenvalue weighted by atomic mass is 9.83. The number of nitrogens with one attached hydrogen (secondary N) is 3. The highest BCUT2D eigenvalue weighted by Gasteiger charge is 2.31. The number of nitrogens with two attached hydrogens (primary N) is 1. The number of aliphatic hydroxyl groups is 1. The molecule has 0 radical (unpaired) electrons. The predicted molar refractivity (Wildman–Crippen MR) is 346 cm³/mol. The summed E-state index contributed by atoms with van der Waals surface area (Å²) in [5, 5.41) is 47.2. The number of hydrogen-bond acceptors (Lipinski definition) is 17. The molecule has 2 amide bonds. The lowest BCUT2D eigenvalue weighted by Gasteiger charge is -2.21. The molecular formula is C68H47ClN10O11S2. The van der Waals surface area contributed by atoms with E-state index in [0.717, 1.165) is 5.56 Å². The van der Waals surface area contributed by atoms with E-state index in [2.05, 4.69) is 147 Å². The number of carbonyl (C=O) groups excluding carboxylic acids is 4. The monoisotopic (exact) mass is 1280 g/mol. The fraction of sp³-hybridized carbons (Fsp3) is 0.132. The zero-order valence-electron chi connectivity index (χ0n) is 49.1. The molecule has 0 saturated heterocycles. The molecule has 92 heavy (non-hydrogen) atoms. The van der Waals surface area contributed by atoms with E-state index in [1.165, 1.54) is 34.6 Å². The number of aromatic nitrogens is 7. The number of Topliss-reactive ketones (excluding diaryl/α,β-unsaturated/α-hetero) is 1. The number of phenols is 1. The van der Waals surface area contributed by atoms with E-state index in [9.17, 15) is 32.7 Å². The summed E-state index contributed by atoms with van der Waals surface area (Å²) >= 11 is 7.21. The second-order valence-corrected chi connectivity index (χ2v) is 21.9. The van der Waals surface area contributed by atoms with Crippen LogP contribution in [-0.2, 0) is 36.8 Å². The predicted octanol–water partition coefficient (Wildman–Crippen LogP) is 8.36. The molecule has 21 nitrogen and oxygen atoms in total. The molecule has 1 atom stereocenters. The maximum absolute atomic E-state index is 13.1. The topological polar surface area (TPSA) is 306 Å². The van der Waals surface area contributed by atoms with Gasteiger partial charge in [-0.3, -0.25) is 19.1 Å². The summed E-state index contributed by atoms with van der Waals surface area (Å²) in [4.78, 5) is 48.2. The highest BCUT2D eigenvalue weighted by molar-refractivity contribution is 7.98. The molecule has 0 aliphatic heterocycles. The van der Waals surface area contributed by atoms with Gasteiger partial charge in [-0.05, 0) is 161 Å².